The van der Waals surface area contributed by atoms with Gasteiger partial charge >= 0.3 is 0 Å². The molecule has 0 saturated heterocycles. The van der Waals surface area contributed by atoms with Crippen LogP contribution in [-0.2, 0) is 9.05 Å². The van der Waals surface area contributed by atoms with E-state index < -0.39 is 9.05 Å². The maximum atomic E-state index is 11.4. The van der Waals surface area contributed by atoms with Crippen molar-refractivity contribution in [3.63, 3.8) is 0 Å². The lowest BCUT2D eigenvalue weighted by Crippen LogP contribution is -2.04. The molecule has 0 atom stereocenters. The molecule has 2 aromatic heterocycles. The van der Waals surface area contributed by atoms with E-state index in [2.05, 4.69) is 15.1 Å². The summed E-state index contributed by atoms with van der Waals surface area (Å²) in [5.74, 6) is 0.305. The van der Waals surface area contributed by atoms with Gasteiger partial charge < -0.3 is 0 Å². The Kier molecular flexibility index (Phi) is 2.88. The average molecular weight is 273 g/mol. The smallest absolute Gasteiger partial charge is 0.220 e. The highest BCUT2D eigenvalue weighted by molar-refractivity contribution is 8.13. The Morgan fingerprint density at radius 2 is 1.82 bits per heavy atom. The van der Waals surface area contributed by atoms with Crippen molar-refractivity contribution in [2.75, 3.05) is 0 Å². The van der Waals surface area contributed by atoms with Crippen molar-refractivity contribution >= 4 is 19.7 Å². The Bertz CT molecular complexity index is 651. The predicted molar refractivity (Wildman–Crippen MR) is 61.7 cm³/mol. The van der Waals surface area contributed by atoms with Gasteiger partial charge in [-0.15, -0.1) is 0 Å². The first kappa shape index (κ1) is 12.0. The number of hydrogen-bond acceptors (Lipinski definition) is 5. The maximum absolute atomic E-state index is 11.4. The van der Waals surface area contributed by atoms with E-state index >= 15 is 0 Å². The Balaban J connectivity index is 2.69. The first-order valence-corrected chi connectivity index (χ1v) is 7.00. The van der Waals surface area contributed by atoms with Gasteiger partial charge in [-0.25, -0.2) is 23.1 Å². The zero-order chi connectivity index (χ0) is 12.6. The molecule has 0 aliphatic rings. The molecule has 0 N–H and O–H groups in total. The molecule has 0 unspecified atom stereocenters. The van der Waals surface area contributed by atoms with Gasteiger partial charge in [0.1, 0.15) is 4.90 Å². The lowest BCUT2D eigenvalue weighted by molar-refractivity contribution is 0.608. The molecule has 90 valence electrons. The minimum Gasteiger partial charge on any atom is -0.220 e. The van der Waals surface area contributed by atoms with Crippen LogP contribution < -0.4 is 0 Å². The quantitative estimate of drug-likeness (QED) is 0.768. The number of aromatic nitrogens is 4. The molecule has 0 radical (unpaired) electrons. The van der Waals surface area contributed by atoms with Crippen LogP contribution in [0.4, 0.5) is 0 Å². The fourth-order valence-corrected chi connectivity index (χ4v) is 3.08. The van der Waals surface area contributed by atoms with Crippen LogP contribution in [0.2, 0.25) is 0 Å². The van der Waals surface area contributed by atoms with Gasteiger partial charge in [0, 0.05) is 23.1 Å². The summed E-state index contributed by atoms with van der Waals surface area (Å²) < 4.78 is 24.1. The van der Waals surface area contributed by atoms with E-state index in [0.717, 1.165) is 0 Å². The number of halogens is 1. The first-order chi connectivity index (χ1) is 7.91. The lowest BCUT2D eigenvalue weighted by Gasteiger charge is -2.01. The van der Waals surface area contributed by atoms with Gasteiger partial charge in [0.25, 0.3) is 15.0 Å². The van der Waals surface area contributed by atoms with Crippen molar-refractivity contribution in [3.8, 4) is 5.95 Å². The highest BCUT2D eigenvalue weighted by Gasteiger charge is 2.23. The summed E-state index contributed by atoms with van der Waals surface area (Å²) in [6, 6.07) is 1.66. The molecular weight excluding hydrogens is 264 g/mol. The Morgan fingerprint density at radius 1 is 1.24 bits per heavy atom. The number of hydrogen-bond donors (Lipinski definition) is 0. The van der Waals surface area contributed by atoms with Crippen LogP contribution >= 0.6 is 10.7 Å². The molecule has 0 saturated carbocycles. The maximum Gasteiger partial charge on any atom is 0.264 e. The average Bonchev–Trinajstić information content (AvgIpc) is 2.54. The van der Waals surface area contributed by atoms with Gasteiger partial charge in [0.2, 0.25) is 0 Å². The van der Waals surface area contributed by atoms with Gasteiger partial charge in [-0.3, -0.25) is 0 Å². The summed E-state index contributed by atoms with van der Waals surface area (Å²) in [5, 5.41) is 4.07. The largest absolute Gasteiger partial charge is 0.264 e. The third-order valence-electron chi connectivity index (χ3n) is 2.21. The van der Waals surface area contributed by atoms with E-state index in [1.165, 1.54) is 4.68 Å². The monoisotopic (exact) mass is 272 g/mol. The molecule has 6 nitrogen and oxygen atoms in total. The molecule has 0 amide bonds. The van der Waals surface area contributed by atoms with E-state index in [4.69, 9.17) is 10.7 Å². The Morgan fingerprint density at radius 3 is 2.29 bits per heavy atom. The van der Waals surface area contributed by atoms with Gasteiger partial charge in [0.15, 0.2) is 0 Å². The summed E-state index contributed by atoms with van der Waals surface area (Å²) in [6.07, 6.45) is 3.10. The lowest BCUT2D eigenvalue weighted by atomic mass is 10.4. The molecule has 0 bridgehead atoms. The SMILES string of the molecule is Cc1nn(-c2ncccn2)c(C)c1S(=O)(=O)Cl. The van der Waals surface area contributed by atoms with Gasteiger partial charge in [-0.1, -0.05) is 0 Å². The van der Waals surface area contributed by atoms with E-state index in [1.807, 2.05) is 0 Å². The van der Waals surface area contributed by atoms with Crippen molar-refractivity contribution in [1.82, 2.24) is 19.7 Å². The fraction of sp³-hybridized carbons (Fsp3) is 0.222. The summed E-state index contributed by atoms with van der Waals surface area (Å²) >= 11 is 0. The van der Waals surface area contributed by atoms with Crippen molar-refractivity contribution in [2.24, 2.45) is 0 Å². The van der Waals surface area contributed by atoms with Crippen LogP contribution in [0.5, 0.6) is 0 Å². The van der Waals surface area contributed by atoms with Crippen LogP contribution in [0.1, 0.15) is 11.4 Å². The van der Waals surface area contributed by atoms with E-state index in [1.54, 1.807) is 32.3 Å². The summed E-state index contributed by atoms with van der Waals surface area (Å²) in [4.78, 5) is 8.00. The molecule has 0 aliphatic carbocycles. The van der Waals surface area contributed by atoms with E-state index in [0.29, 0.717) is 17.3 Å². The topological polar surface area (TPSA) is 77.7 Å². The molecule has 0 spiro atoms. The van der Waals surface area contributed by atoms with Crippen molar-refractivity contribution < 1.29 is 8.42 Å². The molecule has 17 heavy (non-hydrogen) atoms. The predicted octanol–water partition coefficient (Wildman–Crippen LogP) is 1.21. The fourth-order valence-electron chi connectivity index (χ4n) is 1.58. The van der Waals surface area contributed by atoms with Gasteiger partial charge in [-0.2, -0.15) is 5.10 Å². The van der Waals surface area contributed by atoms with Gasteiger partial charge in [-0.05, 0) is 19.9 Å². The van der Waals surface area contributed by atoms with E-state index in [9.17, 15) is 8.42 Å². The third kappa shape index (κ3) is 2.16. The minimum absolute atomic E-state index is 0.00613. The summed E-state index contributed by atoms with van der Waals surface area (Å²) in [7, 11) is 1.53. The number of nitrogens with zero attached hydrogens (tertiary/aromatic N) is 4. The minimum atomic E-state index is -3.82. The van der Waals surface area contributed by atoms with E-state index in [-0.39, 0.29) is 4.90 Å². The van der Waals surface area contributed by atoms with Crippen LogP contribution in [-0.4, -0.2) is 28.2 Å². The normalized spacial score (nSPS) is 11.7. The number of rotatable bonds is 2. The molecular formula is C9H9ClN4O2S. The first-order valence-electron chi connectivity index (χ1n) is 4.69. The second-order valence-electron chi connectivity index (χ2n) is 3.40. The van der Waals surface area contributed by atoms with Crippen molar-refractivity contribution in [1.29, 1.82) is 0 Å². The molecule has 2 heterocycles. The molecule has 0 aliphatic heterocycles. The van der Waals surface area contributed by atoms with Crippen LogP contribution in [0.25, 0.3) is 5.95 Å². The van der Waals surface area contributed by atoms with Gasteiger partial charge in [0.05, 0.1) is 11.4 Å². The Hall–Kier alpha value is -1.47. The molecule has 0 aromatic carbocycles. The highest BCUT2D eigenvalue weighted by Crippen LogP contribution is 2.24. The summed E-state index contributed by atoms with van der Waals surface area (Å²) in [5.41, 5.74) is 0.716. The van der Waals surface area contributed by atoms with Crippen molar-refractivity contribution in [3.05, 3.63) is 29.8 Å². The molecule has 2 aromatic rings. The zero-order valence-corrected chi connectivity index (χ0v) is 10.7. The Labute approximate surface area is 103 Å². The second kappa shape index (κ2) is 4.08. The van der Waals surface area contributed by atoms with Crippen LogP contribution in [0, 0.1) is 13.8 Å². The molecule has 2 rings (SSSR count). The standard InChI is InChI=1S/C9H9ClN4O2S/c1-6-8(17(10,15)16)7(2)14(13-6)9-11-4-3-5-12-9/h3-5H,1-2H3. The van der Waals surface area contributed by atoms with Crippen LogP contribution in [0.3, 0.4) is 0 Å². The molecule has 0 fully saturated rings. The zero-order valence-electron chi connectivity index (χ0n) is 9.12. The molecule has 8 heteroatoms. The van der Waals surface area contributed by atoms with Crippen LogP contribution in [0.15, 0.2) is 23.4 Å². The van der Waals surface area contributed by atoms with Crippen molar-refractivity contribution in [2.45, 2.75) is 18.7 Å². The highest BCUT2D eigenvalue weighted by atomic mass is 35.7. The second-order valence-corrected chi connectivity index (χ2v) is 5.90. The third-order valence-corrected chi connectivity index (χ3v) is 3.75. The summed E-state index contributed by atoms with van der Waals surface area (Å²) in [6.45, 7) is 3.17. The number of aryl methyl sites for hydroxylation is 1.